The average Bonchev–Trinajstić information content (AvgIpc) is 2.65. The van der Waals surface area contributed by atoms with Gasteiger partial charge in [-0.2, -0.15) is 5.26 Å². The molecule has 0 spiro atoms. The van der Waals surface area contributed by atoms with Crippen molar-refractivity contribution in [3.63, 3.8) is 0 Å². The summed E-state index contributed by atoms with van der Waals surface area (Å²) in [6.45, 7) is 6.18. The predicted molar refractivity (Wildman–Crippen MR) is 107 cm³/mol. The lowest BCUT2D eigenvalue weighted by Gasteiger charge is -2.09. The van der Waals surface area contributed by atoms with E-state index in [9.17, 15) is 10.1 Å². The van der Waals surface area contributed by atoms with Crippen molar-refractivity contribution < 1.29 is 4.79 Å². The molecule has 26 heavy (non-hydrogen) atoms. The molecule has 0 atom stereocenters. The van der Waals surface area contributed by atoms with Crippen molar-refractivity contribution in [3.8, 4) is 6.07 Å². The smallest absolute Gasteiger partial charge is 0.267 e. The highest BCUT2D eigenvalue weighted by Crippen LogP contribution is 2.18. The van der Waals surface area contributed by atoms with Crippen molar-refractivity contribution >= 4 is 17.3 Å². The Morgan fingerprint density at radius 1 is 1.15 bits per heavy atom. The molecular formula is C22H25N3O. The van der Waals surface area contributed by atoms with Gasteiger partial charge in [0.2, 0.25) is 0 Å². The summed E-state index contributed by atoms with van der Waals surface area (Å²) in [5, 5.41) is 15.1. The lowest BCUT2D eigenvalue weighted by Crippen LogP contribution is -2.14. The maximum atomic E-state index is 12.3. The Kier molecular flexibility index (Phi) is 6.99. The van der Waals surface area contributed by atoms with Crippen molar-refractivity contribution in [2.24, 2.45) is 0 Å². The summed E-state index contributed by atoms with van der Waals surface area (Å²) in [5.74, 6) is -0.424. The standard InChI is InChI=1S/C22H25N3O/c1-4-5-8-18-10-12-20(13-11-18)25-22(26)19(14-23)15-24-21-9-6-7-16(2)17(21)3/h6-7,9-13,15,24H,4-5,8H2,1-3H3,(H,25,26)/b19-15-. The molecule has 2 aromatic carbocycles. The number of unbranched alkanes of at least 4 members (excludes halogenated alkanes) is 1. The number of aryl methyl sites for hydroxylation is 2. The predicted octanol–water partition coefficient (Wildman–Crippen LogP) is 5.10. The van der Waals surface area contributed by atoms with Gasteiger partial charge in [-0.05, 0) is 61.6 Å². The number of nitriles is 1. The van der Waals surface area contributed by atoms with Gasteiger partial charge in [-0.3, -0.25) is 4.79 Å². The molecule has 0 saturated carbocycles. The van der Waals surface area contributed by atoms with Crippen molar-refractivity contribution in [3.05, 3.63) is 70.9 Å². The van der Waals surface area contributed by atoms with Gasteiger partial charge in [-0.25, -0.2) is 0 Å². The number of carbonyl (C=O) groups is 1. The van der Waals surface area contributed by atoms with Crippen LogP contribution in [0.25, 0.3) is 0 Å². The fourth-order valence-corrected chi connectivity index (χ4v) is 2.54. The third-order valence-corrected chi connectivity index (χ3v) is 4.37. The molecule has 0 aliphatic heterocycles. The maximum absolute atomic E-state index is 12.3. The van der Waals surface area contributed by atoms with Gasteiger partial charge < -0.3 is 10.6 Å². The number of carbonyl (C=O) groups excluding carboxylic acids is 1. The van der Waals surface area contributed by atoms with Crippen LogP contribution in [0.15, 0.2) is 54.2 Å². The van der Waals surface area contributed by atoms with Gasteiger partial charge in [-0.15, -0.1) is 0 Å². The fraction of sp³-hybridized carbons (Fsp3) is 0.273. The van der Waals surface area contributed by atoms with Crippen molar-refractivity contribution in [2.75, 3.05) is 10.6 Å². The van der Waals surface area contributed by atoms with E-state index < -0.39 is 5.91 Å². The topological polar surface area (TPSA) is 64.9 Å². The second-order valence-corrected chi connectivity index (χ2v) is 6.32. The molecule has 2 aromatic rings. The maximum Gasteiger partial charge on any atom is 0.267 e. The van der Waals surface area contributed by atoms with Crippen LogP contribution in [0.2, 0.25) is 0 Å². The molecule has 0 saturated heterocycles. The Labute approximate surface area is 155 Å². The minimum Gasteiger partial charge on any atom is -0.360 e. The van der Waals surface area contributed by atoms with E-state index in [1.54, 1.807) is 0 Å². The number of rotatable bonds is 7. The van der Waals surface area contributed by atoms with Crippen LogP contribution in [-0.4, -0.2) is 5.91 Å². The van der Waals surface area contributed by atoms with E-state index in [-0.39, 0.29) is 5.57 Å². The zero-order chi connectivity index (χ0) is 18.9. The van der Waals surface area contributed by atoms with Gasteiger partial charge in [0.1, 0.15) is 11.6 Å². The Bertz CT molecular complexity index is 829. The Hall–Kier alpha value is -3.06. The third kappa shape index (κ3) is 5.22. The molecule has 134 valence electrons. The molecule has 0 unspecified atom stereocenters. The van der Waals surface area contributed by atoms with Crippen LogP contribution >= 0.6 is 0 Å². The molecule has 4 heteroatoms. The number of hydrogen-bond donors (Lipinski definition) is 2. The number of hydrogen-bond acceptors (Lipinski definition) is 3. The summed E-state index contributed by atoms with van der Waals surface area (Å²) in [6, 6.07) is 15.6. The summed E-state index contributed by atoms with van der Waals surface area (Å²) in [7, 11) is 0. The van der Waals surface area contributed by atoms with Crippen LogP contribution in [0.5, 0.6) is 0 Å². The van der Waals surface area contributed by atoms with E-state index in [1.165, 1.54) is 11.8 Å². The number of amides is 1. The Balaban J connectivity index is 2.04. The van der Waals surface area contributed by atoms with E-state index in [0.29, 0.717) is 5.69 Å². The average molecular weight is 347 g/mol. The van der Waals surface area contributed by atoms with Gasteiger partial charge in [0.05, 0.1) is 0 Å². The first-order valence-corrected chi connectivity index (χ1v) is 8.88. The second kappa shape index (κ2) is 9.43. The van der Waals surface area contributed by atoms with Crippen molar-refractivity contribution in [1.29, 1.82) is 5.26 Å². The first-order chi connectivity index (χ1) is 12.5. The molecule has 1 amide bonds. The summed E-state index contributed by atoms with van der Waals surface area (Å²) < 4.78 is 0. The van der Waals surface area contributed by atoms with E-state index in [4.69, 9.17) is 0 Å². The van der Waals surface area contributed by atoms with Gasteiger partial charge >= 0.3 is 0 Å². The molecule has 0 bridgehead atoms. The summed E-state index contributed by atoms with van der Waals surface area (Å²) in [5.41, 5.74) is 5.08. The van der Waals surface area contributed by atoms with Gasteiger partial charge in [0, 0.05) is 17.6 Å². The third-order valence-electron chi connectivity index (χ3n) is 4.37. The lowest BCUT2D eigenvalue weighted by atomic mass is 10.1. The highest BCUT2D eigenvalue weighted by molar-refractivity contribution is 6.06. The Morgan fingerprint density at radius 3 is 2.54 bits per heavy atom. The lowest BCUT2D eigenvalue weighted by molar-refractivity contribution is -0.112. The number of nitrogens with zero attached hydrogens (tertiary/aromatic N) is 1. The highest BCUT2D eigenvalue weighted by atomic mass is 16.1. The fourth-order valence-electron chi connectivity index (χ4n) is 2.54. The van der Waals surface area contributed by atoms with Crippen LogP contribution in [-0.2, 0) is 11.2 Å². The number of nitrogens with one attached hydrogen (secondary N) is 2. The van der Waals surface area contributed by atoms with Crippen molar-refractivity contribution in [2.45, 2.75) is 40.0 Å². The van der Waals surface area contributed by atoms with Crippen LogP contribution in [0.4, 0.5) is 11.4 Å². The first-order valence-electron chi connectivity index (χ1n) is 8.88. The van der Waals surface area contributed by atoms with E-state index in [0.717, 1.165) is 36.1 Å². The molecule has 0 aromatic heterocycles. The zero-order valence-corrected chi connectivity index (χ0v) is 15.6. The molecular weight excluding hydrogens is 322 g/mol. The van der Waals surface area contributed by atoms with Gasteiger partial charge in [-0.1, -0.05) is 37.6 Å². The van der Waals surface area contributed by atoms with Gasteiger partial charge in [0.25, 0.3) is 5.91 Å². The Morgan fingerprint density at radius 2 is 1.88 bits per heavy atom. The number of benzene rings is 2. The summed E-state index contributed by atoms with van der Waals surface area (Å²) >= 11 is 0. The zero-order valence-electron chi connectivity index (χ0n) is 15.6. The van der Waals surface area contributed by atoms with Crippen LogP contribution in [0.3, 0.4) is 0 Å². The quantitative estimate of drug-likeness (QED) is 0.541. The summed E-state index contributed by atoms with van der Waals surface area (Å²) in [4.78, 5) is 12.3. The molecule has 2 rings (SSSR count). The molecule has 0 heterocycles. The largest absolute Gasteiger partial charge is 0.360 e. The molecule has 2 N–H and O–H groups in total. The van der Waals surface area contributed by atoms with E-state index >= 15 is 0 Å². The minimum absolute atomic E-state index is 0.0287. The minimum atomic E-state index is -0.424. The van der Waals surface area contributed by atoms with E-state index in [2.05, 4.69) is 17.6 Å². The number of anilines is 2. The molecule has 4 nitrogen and oxygen atoms in total. The normalized spacial score (nSPS) is 10.9. The van der Waals surface area contributed by atoms with Crippen LogP contribution < -0.4 is 10.6 Å². The molecule has 0 aliphatic rings. The van der Waals surface area contributed by atoms with Crippen LogP contribution in [0.1, 0.15) is 36.5 Å². The molecule has 0 aliphatic carbocycles. The summed E-state index contributed by atoms with van der Waals surface area (Å²) in [6.07, 6.45) is 4.79. The van der Waals surface area contributed by atoms with Crippen molar-refractivity contribution in [1.82, 2.24) is 0 Å². The SMILES string of the molecule is CCCCc1ccc(NC(=O)/C(C#N)=C\Nc2cccc(C)c2C)cc1. The van der Waals surface area contributed by atoms with E-state index in [1.807, 2.05) is 62.4 Å². The monoisotopic (exact) mass is 347 g/mol. The first kappa shape index (κ1) is 19.3. The van der Waals surface area contributed by atoms with Gasteiger partial charge in [0.15, 0.2) is 0 Å². The molecule has 0 radical (unpaired) electrons. The van der Waals surface area contributed by atoms with Crippen LogP contribution in [0, 0.1) is 25.2 Å². The highest BCUT2D eigenvalue weighted by Gasteiger charge is 2.10. The second-order valence-electron chi connectivity index (χ2n) is 6.32. The molecule has 0 fully saturated rings.